The van der Waals surface area contributed by atoms with Gasteiger partial charge in [-0.1, -0.05) is 24.6 Å². The fourth-order valence-corrected chi connectivity index (χ4v) is 4.37. The highest BCUT2D eigenvalue weighted by Gasteiger charge is 2.26. The number of nitrogens with zero attached hydrogens (tertiary/aromatic N) is 1. The Morgan fingerprint density at radius 3 is 2.68 bits per heavy atom. The summed E-state index contributed by atoms with van der Waals surface area (Å²) in [6.45, 7) is 6.14. The third kappa shape index (κ3) is 3.72. The van der Waals surface area contributed by atoms with Crippen LogP contribution >= 0.6 is 27.5 Å². The number of nitrogen functional groups attached to an aromatic ring is 1. The van der Waals surface area contributed by atoms with E-state index in [0.29, 0.717) is 23.1 Å². The number of sulfonamides is 1. The van der Waals surface area contributed by atoms with Gasteiger partial charge in [0.15, 0.2) is 0 Å². The molecule has 0 radical (unpaired) electrons. The molecule has 0 amide bonds. The van der Waals surface area contributed by atoms with E-state index < -0.39 is 10.0 Å². The summed E-state index contributed by atoms with van der Waals surface area (Å²) in [4.78, 5) is 0.0767. The predicted octanol–water partition coefficient (Wildman–Crippen LogP) is 3.27. The fraction of sp³-hybridized carbons (Fsp3) is 0.333. The van der Waals surface area contributed by atoms with Gasteiger partial charge >= 0.3 is 0 Å². The quantitative estimate of drug-likeness (QED) is 0.620. The first-order valence-corrected chi connectivity index (χ1v) is 8.31. The topological polar surface area (TPSA) is 63.4 Å². The van der Waals surface area contributed by atoms with Crippen molar-refractivity contribution in [1.29, 1.82) is 0 Å². The second-order valence-electron chi connectivity index (χ2n) is 3.96. The SMILES string of the molecule is C=CCN(CCC)S(=O)(=O)c1cc(Cl)cc(N)c1Br. The van der Waals surface area contributed by atoms with Gasteiger partial charge in [0.25, 0.3) is 0 Å². The standard InChI is InChI=1S/C12H16BrClN2O2S/c1-3-5-16(6-4-2)19(17,18)11-8-9(14)7-10(15)12(11)13/h3,7-8H,1,4-6,15H2,2H3. The van der Waals surface area contributed by atoms with E-state index in [1.807, 2.05) is 6.92 Å². The van der Waals surface area contributed by atoms with Gasteiger partial charge in [0.1, 0.15) is 0 Å². The van der Waals surface area contributed by atoms with E-state index in [0.717, 1.165) is 0 Å². The molecule has 1 rings (SSSR count). The van der Waals surface area contributed by atoms with Crippen LogP contribution in [0.3, 0.4) is 0 Å². The highest BCUT2D eigenvalue weighted by molar-refractivity contribution is 9.10. The van der Waals surface area contributed by atoms with Gasteiger partial charge in [0.2, 0.25) is 10.0 Å². The Labute approximate surface area is 127 Å². The summed E-state index contributed by atoms with van der Waals surface area (Å²) in [6.07, 6.45) is 2.26. The minimum Gasteiger partial charge on any atom is -0.398 e. The average Bonchev–Trinajstić information content (AvgIpc) is 2.33. The third-order valence-electron chi connectivity index (χ3n) is 2.46. The Morgan fingerprint density at radius 2 is 2.16 bits per heavy atom. The first-order valence-electron chi connectivity index (χ1n) is 5.70. The lowest BCUT2D eigenvalue weighted by Gasteiger charge is -2.21. The normalized spacial score (nSPS) is 11.8. The number of halogens is 2. The van der Waals surface area contributed by atoms with Gasteiger partial charge in [0.05, 0.1) is 9.37 Å². The molecule has 0 spiro atoms. The maximum atomic E-state index is 12.6. The Kier molecular flexibility index (Phi) is 5.85. The highest BCUT2D eigenvalue weighted by atomic mass is 79.9. The van der Waals surface area contributed by atoms with Crippen LogP contribution in [0, 0.1) is 0 Å². The minimum absolute atomic E-state index is 0.0767. The van der Waals surface area contributed by atoms with Crippen molar-refractivity contribution in [2.75, 3.05) is 18.8 Å². The van der Waals surface area contributed by atoms with E-state index >= 15 is 0 Å². The van der Waals surface area contributed by atoms with Crippen molar-refractivity contribution in [2.45, 2.75) is 18.2 Å². The number of rotatable bonds is 6. The molecule has 2 N–H and O–H groups in total. The zero-order chi connectivity index (χ0) is 14.6. The molecule has 0 saturated carbocycles. The summed E-state index contributed by atoms with van der Waals surface area (Å²) >= 11 is 9.09. The van der Waals surface area contributed by atoms with Gasteiger partial charge in [-0.2, -0.15) is 4.31 Å². The number of hydrogen-bond donors (Lipinski definition) is 1. The van der Waals surface area contributed by atoms with Crippen LogP contribution in [0.5, 0.6) is 0 Å². The van der Waals surface area contributed by atoms with Crippen molar-refractivity contribution in [3.8, 4) is 0 Å². The molecule has 0 heterocycles. The van der Waals surface area contributed by atoms with Gasteiger partial charge in [-0.3, -0.25) is 0 Å². The van der Waals surface area contributed by atoms with Crippen molar-refractivity contribution in [3.63, 3.8) is 0 Å². The van der Waals surface area contributed by atoms with Gasteiger partial charge < -0.3 is 5.73 Å². The van der Waals surface area contributed by atoms with Gasteiger partial charge in [0, 0.05) is 23.8 Å². The molecule has 0 aliphatic heterocycles. The lowest BCUT2D eigenvalue weighted by atomic mass is 10.3. The van der Waals surface area contributed by atoms with Crippen molar-refractivity contribution in [1.82, 2.24) is 4.31 Å². The van der Waals surface area contributed by atoms with Crippen LogP contribution in [-0.4, -0.2) is 25.8 Å². The number of hydrogen-bond acceptors (Lipinski definition) is 3. The fourth-order valence-electron chi connectivity index (χ4n) is 1.61. The van der Waals surface area contributed by atoms with E-state index in [4.69, 9.17) is 17.3 Å². The second-order valence-corrected chi connectivity index (χ2v) is 7.09. The summed E-state index contributed by atoms with van der Waals surface area (Å²) < 4.78 is 26.8. The summed E-state index contributed by atoms with van der Waals surface area (Å²) in [5.74, 6) is 0. The van der Waals surface area contributed by atoms with Crippen LogP contribution in [-0.2, 0) is 10.0 Å². The maximum Gasteiger partial charge on any atom is 0.244 e. The van der Waals surface area contributed by atoms with E-state index in [-0.39, 0.29) is 16.5 Å². The van der Waals surface area contributed by atoms with Crippen LogP contribution in [0.25, 0.3) is 0 Å². The molecule has 0 aliphatic rings. The van der Waals surface area contributed by atoms with Crippen molar-refractivity contribution in [2.24, 2.45) is 0 Å². The molecule has 19 heavy (non-hydrogen) atoms. The molecule has 0 aliphatic carbocycles. The average molecular weight is 368 g/mol. The van der Waals surface area contributed by atoms with E-state index in [9.17, 15) is 8.42 Å². The van der Waals surface area contributed by atoms with E-state index in [1.54, 1.807) is 6.08 Å². The number of nitrogens with two attached hydrogens (primary N) is 1. The van der Waals surface area contributed by atoms with Crippen LogP contribution in [0.2, 0.25) is 5.02 Å². The molecule has 0 atom stereocenters. The van der Waals surface area contributed by atoms with E-state index in [1.165, 1.54) is 16.4 Å². The molecular weight excluding hydrogens is 352 g/mol. The van der Waals surface area contributed by atoms with Crippen LogP contribution < -0.4 is 5.73 Å². The molecule has 106 valence electrons. The molecule has 0 fully saturated rings. The lowest BCUT2D eigenvalue weighted by Crippen LogP contribution is -2.32. The van der Waals surface area contributed by atoms with Crippen LogP contribution in [0.15, 0.2) is 34.2 Å². The molecule has 7 heteroatoms. The highest BCUT2D eigenvalue weighted by Crippen LogP contribution is 2.33. The van der Waals surface area contributed by atoms with Crippen molar-refractivity contribution in [3.05, 3.63) is 34.3 Å². The Balaban J connectivity index is 3.36. The van der Waals surface area contributed by atoms with Crippen molar-refractivity contribution >= 4 is 43.2 Å². The second kappa shape index (κ2) is 6.74. The summed E-state index contributed by atoms with van der Waals surface area (Å²) in [5, 5.41) is 0.286. The third-order valence-corrected chi connectivity index (χ3v) is 5.71. The minimum atomic E-state index is -3.65. The van der Waals surface area contributed by atoms with Gasteiger partial charge in [-0.05, 0) is 34.5 Å². The molecule has 1 aromatic carbocycles. The first-order chi connectivity index (χ1) is 8.84. The molecule has 0 saturated heterocycles. The summed E-state index contributed by atoms with van der Waals surface area (Å²) in [7, 11) is -3.65. The molecule has 0 aromatic heterocycles. The van der Waals surface area contributed by atoms with Gasteiger partial charge in [-0.15, -0.1) is 6.58 Å². The molecule has 4 nitrogen and oxygen atoms in total. The predicted molar refractivity (Wildman–Crippen MR) is 82.8 cm³/mol. The molecule has 0 bridgehead atoms. The van der Waals surface area contributed by atoms with Crippen LogP contribution in [0.1, 0.15) is 13.3 Å². The smallest absolute Gasteiger partial charge is 0.244 e. The lowest BCUT2D eigenvalue weighted by molar-refractivity contribution is 0.441. The largest absolute Gasteiger partial charge is 0.398 e. The zero-order valence-electron chi connectivity index (χ0n) is 10.6. The summed E-state index contributed by atoms with van der Waals surface area (Å²) in [6, 6.07) is 2.89. The summed E-state index contributed by atoms with van der Waals surface area (Å²) in [5.41, 5.74) is 6.02. The zero-order valence-corrected chi connectivity index (χ0v) is 13.7. The van der Waals surface area contributed by atoms with Crippen LogP contribution in [0.4, 0.5) is 5.69 Å². The van der Waals surface area contributed by atoms with Crippen molar-refractivity contribution < 1.29 is 8.42 Å². The number of benzene rings is 1. The molecule has 0 unspecified atom stereocenters. The Hall–Kier alpha value is -0.560. The van der Waals surface area contributed by atoms with Gasteiger partial charge in [-0.25, -0.2) is 8.42 Å². The Morgan fingerprint density at radius 1 is 1.53 bits per heavy atom. The molecular formula is C12H16BrClN2O2S. The monoisotopic (exact) mass is 366 g/mol. The number of anilines is 1. The Bertz CT molecular complexity index is 575. The van der Waals surface area contributed by atoms with E-state index in [2.05, 4.69) is 22.5 Å². The first kappa shape index (κ1) is 16.5. The molecule has 1 aromatic rings. The maximum absolute atomic E-state index is 12.6.